The van der Waals surface area contributed by atoms with Crippen LogP contribution in [0.25, 0.3) is 0 Å². The fourth-order valence-electron chi connectivity index (χ4n) is 2.52. The average molecular weight is 246 g/mol. The van der Waals surface area contributed by atoms with Crippen molar-refractivity contribution in [3.05, 3.63) is 35.9 Å². The molecule has 0 bridgehead atoms. The van der Waals surface area contributed by atoms with Gasteiger partial charge in [-0.25, -0.2) is 0 Å². The molecule has 18 heavy (non-hydrogen) atoms. The largest absolute Gasteiger partial charge is 0.371 e. The summed E-state index contributed by atoms with van der Waals surface area (Å²) >= 11 is 0. The summed E-state index contributed by atoms with van der Waals surface area (Å²) < 4.78 is 6.11. The SMILES string of the molecule is CCO[C@](CC)(C1=NCCCN1)c1ccccc1. The summed E-state index contributed by atoms with van der Waals surface area (Å²) in [5, 5.41) is 3.42. The van der Waals surface area contributed by atoms with Crippen molar-refractivity contribution in [3.63, 3.8) is 0 Å². The third kappa shape index (κ3) is 2.41. The molecule has 0 amide bonds. The van der Waals surface area contributed by atoms with Crippen molar-refractivity contribution in [1.82, 2.24) is 5.32 Å². The molecule has 1 aromatic carbocycles. The maximum absolute atomic E-state index is 6.11. The monoisotopic (exact) mass is 246 g/mol. The number of benzene rings is 1. The van der Waals surface area contributed by atoms with Crippen LogP contribution < -0.4 is 5.32 Å². The highest BCUT2D eigenvalue weighted by Crippen LogP contribution is 2.31. The van der Waals surface area contributed by atoms with E-state index in [1.807, 2.05) is 13.0 Å². The van der Waals surface area contributed by atoms with Crippen LogP contribution in [0.1, 0.15) is 32.3 Å². The van der Waals surface area contributed by atoms with Crippen LogP contribution in [0, 0.1) is 0 Å². The second kappa shape index (κ2) is 6.01. The Balaban J connectivity index is 2.42. The van der Waals surface area contributed by atoms with E-state index in [1.165, 1.54) is 5.56 Å². The van der Waals surface area contributed by atoms with Gasteiger partial charge in [0, 0.05) is 19.7 Å². The minimum Gasteiger partial charge on any atom is -0.371 e. The molecule has 0 fully saturated rings. The summed E-state index contributed by atoms with van der Waals surface area (Å²) in [5.74, 6) is 0.990. The molecule has 1 N–H and O–H groups in total. The standard InChI is InChI=1S/C15H22N2O/c1-3-15(18-4-2,13-9-6-5-7-10-13)14-16-11-8-12-17-14/h5-7,9-10H,3-4,8,11-12H2,1-2H3,(H,16,17)/t15-/m0/s1. The highest BCUT2D eigenvalue weighted by atomic mass is 16.5. The molecule has 0 unspecified atom stereocenters. The van der Waals surface area contributed by atoms with Crippen LogP contribution in [-0.2, 0) is 10.3 Å². The van der Waals surface area contributed by atoms with Gasteiger partial charge in [-0.3, -0.25) is 4.99 Å². The van der Waals surface area contributed by atoms with Gasteiger partial charge in [0.1, 0.15) is 11.4 Å². The van der Waals surface area contributed by atoms with Crippen LogP contribution in [0.15, 0.2) is 35.3 Å². The molecule has 0 radical (unpaired) electrons. The van der Waals surface area contributed by atoms with Crippen LogP contribution in [-0.4, -0.2) is 25.5 Å². The highest BCUT2D eigenvalue weighted by molar-refractivity contribution is 5.92. The van der Waals surface area contributed by atoms with Crippen molar-refractivity contribution in [2.75, 3.05) is 19.7 Å². The molecule has 0 saturated carbocycles. The third-order valence-electron chi connectivity index (χ3n) is 3.41. The molecule has 0 spiro atoms. The summed E-state index contributed by atoms with van der Waals surface area (Å²) in [4.78, 5) is 4.65. The molecular formula is C15H22N2O. The van der Waals surface area contributed by atoms with Crippen molar-refractivity contribution in [2.45, 2.75) is 32.3 Å². The lowest BCUT2D eigenvalue weighted by Gasteiger charge is -2.36. The Morgan fingerprint density at radius 3 is 2.61 bits per heavy atom. The van der Waals surface area contributed by atoms with Gasteiger partial charge in [-0.15, -0.1) is 0 Å². The van der Waals surface area contributed by atoms with Gasteiger partial charge in [0.15, 0.2) is 0 Å². The van der Waals surface area contributed by atoms with Gasteiger partial charge >= 0.3 is 0 Å². The lowest BCUT2D eigenvalue weighted by molar-refractivity contribution is 0.00565. The number of hydrogen-bond acceptors (Lipinski definition) is 3. The van der Waals surface area contributed by atoms with Crippen molar-refractivity contribution in [1.29, 1.82) is 0 Å². The predicted octanol–water partition coefficient (Wildman–Crippen LogP) is 2.72. The Kier molecular flexibility index (Phi) is 4.37. The first kappa shape index (κ1) is 13.1. The normalized spacial score (nSPS) is 18.7. The van der Waals surface area contributed by atoms with E-state index in [4.69, 9.17) is 4.74 Å². The van der Waals surface area contributed by atoms with E-state index in [0.717, 1.165) is 31.8 Å². The zero-order chi connectivity index (χ0) is 12.8. The molecule has 3 nitrogen and oxygen atoms in total. The predicted molar refractivity (Wildman–Crippen MR) is 75.0 cm³/mol. The second-order valence-corrected chi connectivity index (χ2v) is 4.49. The first-order valence-electron chi connectivity index (χ1n) is 6.81. The summed E-state index contributed by atoms with van der Waals surface area (Å²) in [5.41, 5.74) is 0.777. The molecular weight excluding hydrogens is 224 g/mol. The minimum absolute atomic E-state index is 0.406. The van der Waals surface area contributed by atoms with Crippen LogP contribution in [0.2, 0.25) is 0 Å². The van der Waals surface area contributed by atoms with E-state index >= 15 is 0 Å². The van der Waals surface area contributed by atoms with E-state index in [1.54, 1.807) is 0 Å². The smallest absolute Gasteiger partial charge is 0.149 e. The van der Waals surface area contributed by atoms with Crippen molar-refractivity contribution >= 4 is 5.84 Å². The molecule has 2 rings (SSSR count). The number of aliphatic imine (C=N–C) groups is 1. The Morgan fingerprint density at radius 1 is 1.28 bits per heavy atom. The van der Waals surface area contributed by atoms with Crippen molar-refractivity contribution < 1.29 is 4.74 Å². The summed E-state index contributed by atoms with van der Waals surface area (Å²) in [6.45, 7) is 6.76. The summed E-state index contributed by atoms with van der Waals surface area (Å²) in [7, 11) is 0. The van der Waals surface area contributed by atoms with E-state index in [9.17, 15) is 0 Å². The van der Waals surface area contributed by atoms with Gasteiger partial charge in [0.25, 0.3) is 0 Å². The lowest BCUT2D eigenvalue weighted by Crippen LogP contribution is -2.48. The van der Waals surface area contributed by atoms with Crippen LogP contribution in [0.4, 0.5) is 0 Å². The first-order chi connectivity index (χ1) is 8.83. The van der Waals surface area contributed by atoms with Gasteiger partial charge in [0.2, 0.25) is 0 Å². The number of amidine groups is 1. The number of ether oxygens (including phenoxy) is 1. The van der Waals surface area contributed by atoms with Crippen molar-refractivity contribution in [2.24, 2.45) is 4.99 Å². The zero-order valence-corrected chi connectivity index (χ0v) is 11.3. The van der Waals surface area contributed by atoms with Gasteiger partial charge in [0.05, 0.1) is 0 Å². The summed E-state index contributed by atoms with van der Waals surface area (Å²) in [6.07, 6.45) is 1.99. The molecule has 98 valence electrons. The van der Waals surface area contributed by atoms with Gasteiger partial charge in [-0.05, 0) is 25.3 Å². The number of hydrogen-bond donors (Lipinski definition) is 1. The molecule has 0 aliphatic carbocycles. The average Bonchev–Trinajstić information content (AvgIpc) is 2.47. The summed E-state index contributed by atoms with van der Waals surface area (Å²) in [6, 6.07) is 10.4. The topological polar surface area (TPSA) is 33.6 Å². The van der Waals surface area contributed by atoms with Gasteiger partial charge in [-0.1, -0.05) is 37.3 Å². The molecule has 1 aromatic rings. The molecule has 3 heteroatoms. The van der Waals surface area contributed by atoms with E-state index in [0.29, 0.717) is 6.61 Å². The van der Waals surface area contributed by atoms with E-state index < -0.39 is 5.60 Å². The first-order valence-corrected chi connectivity index (χ1v) is 6.81. The molecule has 1 aliphatic rings. The number of nitrogens with one attached hydrogen (secondary N) is 1. The Hall–Kier alpha value is -1.35. The van der Waals surface area contributed by atoms with Crippen LogP contribution in [0.5, 0.6) is 0 Å². The fourth-order valence-corrected chi connectivity index (χ4v) is 2.52. The highest BCUT2D eigenvalue weighted by Gasteiger charge is 2.37. The minimum atomic E-state index is -0.406. The molecule has 1 aliphatic heterocycles. The number of nitrogens with zero attached hydrogens (tertiary/aromatic N) is 1. The van der Waals surface area contributed by atoms with Crippen LogP contribution >= 0.6 is 0 Å². The third-order valence-corrected chi connectivity index (χ3v) is 3.41. The molecule has 1 heterocycles. The Morgan fingerprint density at radius 2 is 2.06 bits per heavy atom. The van der Waals surface area contributed by atoms with E-state index in [-0.39, 0.29) is 0 Å². The fraction of sp³-hybridized carbons (Fsp3) is 0.533. The zero-order valence-electron chi connectivity index (χ0n) is 11.3. The van der Waals surface area contributed by atoms with Gasteiger partial charge in [-0.2, -0.15) is 0 Å². The van der Waals surface area contributed by atoms with Gasteiger partial charge < -0.3 is 10.1 Å². The Labute approximate surface area is 109 Å². The molecule has 1 atom stereocenters. The number of rotatable bonds is 5. The molecule has 0 saturated heterocycles. The van der Waals surface area contributed by atoms with E-state index in [2.05, 4.69) is 41.5 Å². The maximum atomic E-state index is 6.11. The van der Waals surface area contributed by atoms with Crippen LogP contribution in [0.3, 0.4) is 0 Å². The Bertz CT molecular complexity index is 402. The quantitative estimate of drug-likeness (QED) is 0.866. The maximum Gasteiger partial charge on any atom is 0.149 e. The van der Waals surface area contributed by atoms with Crippen molar-refractivity contribution in [3.8, 4) is 0 Å². The lowest BCUT2D eigenvalue weighted by atomic mass is 9.88. The molecule has 0 aromatic heterocycles. The second-order valence-electron chi connectivity index (χ2n) is 4.49.